The predicted octanol–water partition coefficient (Wildman–Crippen LogP) is -0.458. The van der Waals surface area contributed by atoms with Gasteiger partial charge in [0, 0.05) is 24.7 Å². The summed E-state index contributed by atoms with van der Waals surface area (Å²) in [4.78, 5) is 38.5. The van der Waals surface area contributed by atoms with Crippen molar-refractivity contribution in [3.8, 4) is 5.75 Å². The lowest BCUT2D eigenvalue weighted by molar-refractivity contribution is -0.920. The lowest BCUT2D eigenvalue weighted by Gasteiger charge is -2.32. The number of nitrogens with zero attached hydrogens (tertiary/aromatic N) is 1. The van der Waals surface area contributed by atoms with Crippen molar-refractivity contribution in [2.24, 2.45) is 5.92 Å². The number of nitrogens with one attached hydrogen (secondary N) is 1. The van der Waals surface area contributed by atoms with Crippen LogP contribution in [-0.2, 0) is 14.4 Å². The van der Waals surface area contributed by atoms with Crippen molar-refractivity contribution in [3.05, 3.63) is 24.3 Å². The van der Waals surface area contributed by atoms with Gasteiger partial charge in [-0.05, 0) is 30.7 Å². The number of hydrogen-bond donors (Lipinski definition) is 1. The van der Waals surface area contributed by atoms with E-state index >= 15 is 0 Å². The van der Waals surface area contributed by atoms with Gasteiger partial charge >= 0.3 is 0 Å². The van der Waals surface area contributed by atoms with Gasteiger partial charge in [-0.2, -0.15) is 0 Å². The molecular weight excluding hydrogens is 348 g/mol. The van der Waals surface area contributed by atoms with Crippen LogP contribution < -0.4 is 19.6 Å². The molecule has 0 aromatic heterocycles. The molecule has 0 spiro atoms. The summed E-state index contributed by atoms with van der Waals surface area (Å²) in [5.41, 5.74) is 0.555. The van der Waals surface area contributed by atoms with Gasteiger partial charge in [-0.15, -0.1) is 0 Å². The molecule has 0 unspecified atom stereocenters. The maximum absolute atomic E-state index is 12.9. The Morgan fingerprint density at radius 2 is 1.89 bits per heavy atom. The van der Waals surface area contributed by atoms with Gasteiger partial charge in [-0.3, -0.25) is 9.59 Å². The van der Waals surface area contributed by atoms with Crippen molar-refractivity contribution < 1.29 is 29.1 Å². The second kappa shape index (κ2) is 8.52. The predicted molar refractivity (Wildman–Crippen MR) is 96.2 cm³/mol. The Labute approximate surface area is 158 Å². The average molecular weight is 374 g/mol. The van der Waals surface area contributed by atoms with Crippen LogP contribution in [0, 0.1) is 5.92 Å². The molecule has 3 rings (SSSR count). The topological polar surface area (TPSA) is 91.2 Å². The quantitative estimate of drug-likeness (QED) is 0.515. The zero-order valence-corrected chi connectivity index (χ0v) is 15.6. The molecule has 1 aromatic rings. The first-order valence-corrected chi connectivity index (χ1v) is 9.66. The number of carbonyl (C=O) groups excluding carboxylic acids is 3. The molecule has 2 saturated heterocycles. The van der Waals surface area contributed by atoms with Gasteiger partial charge in [-0.25, -0.2) is 4.90 Å². The number of imide groups is 1. The smallest absolute Gasteiger partial charge is 0.292 e. The lowest BCUT2D eigenvalue weighted by Crippen LogP contribution is -3.17. The first-order valence-electron chi connectivity index (χ1n) is 9.66. The fourth-order valence-corrected chi connectivity index (χ4v) is 3.82. The van der Waals surface area contributed by atoms with E-state index in [2.05, 4.69) is 6.92 Å². The molecular formula is C20H26N2O5. The van der Waals surface area contributed by atoms with Gasteiger partial charge < -0.3 is 19.5 Å². The third-order valence-corrected chi connectivity index (χ3v) is 5.46. The number of unbranched alkanes of at least 4 members (excludes halogenated alkanes) is 1. The largest absolute Gasteiger partial charge is 0.550 e. The molecule has 1 aromatic carbocycles. The molecule has 146 valence electrons. The van der Waals surface area contributed by atoms with Gasteiger partial charge in [0.05, 0.1) is 31.8 Å². The molecule has 7 nitrogen and oxygen atoms in total. The molecule has 2 heterocycles. The van der Waals surface area contributed by atoms with Crippen LogP contribution in [0.5, 0.6) is 5.75 Å². The number of quaternary nitrogens is 1. The molecule has 0 saturated carbocycles. The fraction of sp³-hybridized carbons (Fsp3) is 0.550. The van der Waals surface area contributed by atoms with E-state index in [0.29, 0.717) is 38.2 Å². The number of anilines is 1. The van der Waals surface area contributed by atoms with Gasteiger partial charge in [0.2, 0.25) is 5.91 Å². The Kier molecular flexibility index (Phi) is 6.11. The Morgan fingerprint density at radius 1 is 1.22 bits per heavy atom. The van der Waals surface area contributed by atoms with E-state index < -0.39 is 17.9 Å². The molecule has 0 radical (unpaired) electrons. The number of ether oxygens (including phenoxy) is 1. The number of aliphatic carboxylic acids is 1. The van der Waals surface area contributed by atoms with Crippen LogP contribution in [0.3, 0.4) is 0 Å². The molecule has 1 atom stereocenters. The minimum atomic E-state index is -1.02. The summed E-state index contributed by atoms with van der Waals surface area (Å²) in [5.74, 6) is -1.17. The average Bonchev–Trinajstić information content (AvgIpc) is 2.97. The normalized spacial score (nSPS) is 25.7. The van der Waals surface area contributed by atoms with Gasteiger partial charge in [-0.1, -0.05) is 13.3 Å². The van der Waals surface area contributed by atoms with Gasteiger partial charge in [0.15, 0.2) is 6.04 Å². The fourth-order valence-electron chi connectivity index (χ4n) is 3.82. The third kappa shape index (κ3) is 4.30. The number of carbonyl (C=O) groups is 3. The second-order valence-corrected chi connectivity index (χ2v) is 7.27. The van der Waals surface area contributed by atoms with Crippen molar-refractivity contribution in [2.45, 2.75) is 45.1 Å². The van der Waals surface area contributed by atoms with Crippen LogP contribution in [-0.4, -0.2) is 43.5 Å². The third-order valence-electron chi connectivity index (χ3n) is 5.46. The van der Waals surface area contributed by atoms with E-state index in [1.807, 2.05) is 0 Å². The highest BCUT2D eigenvalue weighted by Gasteiger charge is 2.46. The van der Waals surface area contributed by atoms with Crippen LogP contribution in [0.25, 0.3) is 0 Å². The maximum atomic E-state index is 12.9. The zero-order chi connectivity index (χ0) is 19.4. The van der Waals surface area contributed by atoms with E-state index in [4.69, 9.17) is 4.74 Å². The SMILES string of the molecule is CCCCOc1ccc(N2C(=O)C[C@H]([NH+]3CCC(C(=O)[O-])CC3)C2=O)cc1. The maximum Gasteiger partial charge on any atom is 0.292 e. The number of amides is 2. The first-order chi connectivity index (χ1) is 13.0. The summed E-state index contributed by atoms with van der Waals surface area (Å²) >= 11 is 0. The standard InChI is InChI=1S/C20H26N2O5/c1-2-3-12-27-16-6-4-15(5-7-16)22-18(23)13-17(19(22)24)21-10-8-14(9-11-21)20(25)26/h4-7,14,17H,2-3,8-13H2,1H3,(H,25,26)/t17-/m0/s1. The molecule has 2 aliphatic rings. The highest BCUT2D eigenvalue weighted by atomic mass is 16.5. The molecule has 7 heteroatoms. The Bertz CT molecular complexity index is 695. The second-order valence-electron chi connectivity index (χ2n) is 7.27. The van der Waals surface area contributed by atoms with Crippen LogP contribution in [0.15, 0.2) is 24.3 Å². The van der Waals surface area contributed by atoms with E-state index in [1.165, 1.54) is 4.90 Å². The first kappa shape index (κ1) is 19.4. The highest BCUT2D eigenvalue weighted by molar-refractivity contribution is 6.21. The van der Waals surface area contributed by atoms with Crippen LogP contribution in [0.4, 0.5) is 5.69 Å². The van der Waals surface area contributed by atoms with E-state index in [0.717, 1.165) is 23.5 Å². The molecule has 2 fully saturated rings. The van der Waals surface area contributed by atoms with Crippen LogP contribution >= 0.6 is 0 Å². The monoisotopic (exact) mass is 374 g/mol. The number of piperidine rings is 1. The molecule has 0 aliphatic carbocycles. The van der Waals surface area contributed by atoms with Gasteiger partial charge in [0.1, 0.15) is 5.75 Å². The minimum Gasteiger partial charge on any atom is -0.550 e. The Hall–Kier alpha value is -2.41. The van der Waals surface area contributed by atoms with Crippen molar-refractivity contribution in [3.63, 3.8) is 0 Å². The summed E-state index contributed by atoms with van der Waals surface area (Å²) in [5, 5.41) is 11.0. The summed E-state index contributed by atoms with van der Waals surface area (Å²) in [6.45, 7) is 3.88. The number of hydrogen-bond acceptors (Lipinski definition) is 5. The van der Waals surface area contributed by atoms with Crippen LogP contribution in [0.1, 0.15) is 39.0 Å². The number of rotatable bonds is 7. The molecule has 2 amide bonds. The molecule has 0 bridgehead atoms. The van der Waals surface area contributed by atoms with Crippen molar-refractivity contribution in [1.82, 2.24) is 0 Å². The summed E-state index contributed by atoms with van der Waals surface area (Å²) in [7, 11) is 0. The summed E-state index contributed by atoms with van der Waals surface area (Å²) in [6, 6.07) is 6.59. The Morgan fingerprint density at radius 3 is 2.48 bits per heavy atom. The molecule has 2 aliphatic heterocycles. The minimum absolute atomic E-state index is 0.166. The zero-order valence-electron chi connectivity index (χ0n) is 15.6. The molecule has 27 heavy (non-hydrogen) atoms. The summed E-state index contributed by atoms with van der Waals surface area (Å²) < 4.78 is 5.62. The highest BCUT2D eigenvalue weighted by Crippen LogP contribution is 2.25. The number of carboxylic acids is 1. The van der Waals surface area contributed by atoms with E-state index in [1.54, 1.807) is 24.3 Å². The van der Waals surface area contributed by atoms with Crippen molar-refractivity contribution >= 4 is 23.5 Å². The number of carboxylic acid groups (broad SMARTS) is 1. The van der Waals surface area contributed by atoms with Gasteiger partial charge in [0.25, 0.3) is 5.91 Å². The summed E-state index contributed by atoms with van der Waals surface area (Å²) in [6.07, 6.45) is 3.17. The van der Waals surface area contributed by atoms with E-state index in [9.17, 15) is 19.5 Å². The van der Waals surface area contributed by atoms with Crippen LogP contribution in [0.2, 0.25) is 0 Å². The molecule has 1 N–H and O–H groups in total. The lowest BCUT2D eigenvalue weighted by atomic mass is 9.96. The number of likely N-dealkylation sites (tertiary alicyclic amines) is 1. The number of benzene rings is 1. The van der Waals surface area contributed by atoms with E-state index in [-0.39, 0.29) is 18.2 Å². The van der Waals surface area contributed by atoms with Crippen molar-refractivity contribution in [2.75, 3.05) is 24.6 Å². The Balaban J connectivity index is 1.63. The van der Waals surface area contributed by atoms with Crippen molar-refractivity contribution in [1.29, 1.82) is 0 Å².